The summed E-state index contributed by atoms with van der Waals surface area (Å²) in [6, 6.07) is 1.97. The fourth-order valence-electron chi connectivity index (χ4n) is 0.307. The van der Waals surface area contributed by atoms with E-state index in [1.165, 1.54) is 9.35 Å². The Morgan fingerprint density at radius 3 is 2.33 bits per heavy atom. The second kappa shape index (κ2) is 5.98. The Balaban J connectivity index is 0. The molecular formula is C5H4BrClMgS. The van der Waals surface area contributed by atoms with Crippen molar-refractivity contribution in [2.24, 2.45) is 0 Å². The Bertz CT molecular complexity index is 149. The quantitative estimate of drug-likeness (QED) is 0.410. The molecule has 1 heterocycles. The van der Waals surface area contributed by atoms with Crippen LogP contribution in [0.5, 0.6) is 0 Å². The smallest absolute Gasteiger partial charge is 1.00 e. The molecule has 0 amide bonds. The molecule has 46 valence electrons. The summed E-state index contributed by atoms with van der Waals surface area (Å²) in [5, 5.41) is 2.99. The van der Waals surface area contributed by atoms with Gasteiger partial charge in [-0.3, -0.25) is 11.3 Å². The Labute approximate surface area is 89.7 Å². The maximum Gasteiger partial charge on any atom is 2.00 e. The SMILES string of the molecule is Cc1c[c-]sc1Br.[Cl-].[Mg+2]. The molecule has 0 unspecified atom stereocenters. The van der Waals surface area contributed by atoms with Crippen LogP contribution in [0.1, 0.15) is 5.56 Å². The molecule has 0 spiro atoms. The van der Waals surface area contributed by atoms with Gasteiger partial charge in [-0.25, -0.2) is 0 Å². The van der Waals surface area contributed by atoms with Crippen LogP contribution in [0.15, 0.2) is 9.85 Å². The molecule has 0 aliphatic heterocycles. The summed E-state index contributed by atoms with van der Waals surface area (Å²) in [4.78, 5) is 0. The van der Waals surface area contributed by atoms with Crippen LogP contribution >= 0.6 is 27.3 Å². The first-order valence-corrected chi connectivity index (χ1v) is 3.53. The zero-order chi connectivity index (χ0) is 5.28. The van der Waals surface area contributed by atoms with E-state index >= 15 is 0 Å². The van der Waals surface area contributed by atoms with Gasteiger partial charge in [0.1, 0.15) is 0 Å². The summed E-state index contributed by atoms with van der Waals surface area (Å²) >= 11 is 4.95. The van der Waals surface area contributed by atoms with E-state index in [1.807, 2.05) is 6.07 Å². The predicted molar refractivity (Wildman–Crippen MR) is 41.3 cm³/mol. The van der Waals surface area contributed by atoms with Crippen molar-refractivity contribution < 1.29 is 12.4 Å². The van der Waals surface area contributed by atoms with Gasteiger partial charge in [-0.05, 0) is 0 Å². The van der Waals surface area contributed by atoms with Crippen molar-refractivity contribution in [2.75, 3.05) is 0 Å². The third-order valence-corrected chi connectivity index (χ3v) is 2.58. The second-order valence-corrected chi connectivity index (χ2v) is 3.49. The maximum absolute atomic E-state index is 3.35. The summed E-state index contributed by atoms with van der Waals surface area (Å²) in [5.41, 5.74) is 1.27. The Hall–Kier alpha value is 1.24. The normalized spacial score (nSPS) is 7.33. The minimum atomic E-state index is 0. The van der Waals surface area contributed by atoms with Gasteiger partial charge in [0, 0.05) is 0 Å². The summed E-state index contributed by atoms with van der Waals surface area (Å²) in [7, 11) is 0. The molecule has 0 fully saturated rings. The van der Waals surface area contributed by atoms with E-state index < -0.39 is 0 Å². The molecule has 1 aromatic heterocycles. The van der Waals surface area contributed by atoms with Gasteiger partial charge in [-0.1, -0.05) is 10.7 Å². The third kappa shape index (κ3) is 3.83. The van der Waals surface area contributed by atoms with Crippen molar-refractivity contribution in [3.8, 4) is 0 Å². The van der Waals surface area contributed by atoms with Crippen LogP contribution in [-0.4, -0.2) is 23.1 Å². The van der Waals surface area contributed by atoms with E-state index in [0.29, 0.717) is 0 Å². The molecule has 0 saturated heterocycles. The molecule has 0 aromatic carbocycles. The van der Waals surface area contributed by atoms with Crippen molar-refractivity contribution in [2.45, 2.75) is 6.92 Å². The molecule has 0 atom stereocenters. The standard InChI is InChI=1S/C5H4BrS.ClH.Mg/c1-4-2-3-7-5(4)6;;/h2H,1H3;1H;/q-1;;+2/p-1. The van der Waals surface area contributed by atoms with Crippen LogP contribution in [0.3, 0.4) is 0 Å². The van der Waals surface area contributed by atoms with E-state index in [1.54, 1.807) is 11.3 Å². The summed E-state index contributed by atoms with van der Waals surface area (Å²) in [6.45, 7) is 2.05. The molecule has 1 aromatic rings. The van der Waals surface area contributed by atoms with E-state index in [0.717, 1.165) is 0 Å². The number of hydrogen-bond donors (Lipinski definition) is 0. The monoisotopic (exact) mass is 234 g/mol. The molecular weight excluding hydrogens is 232 g/mol. The van der Waals surface area contributed by atoms with Crippen LogP contribution in [0.25, 0.3) is 0 Å². The zero-order valence-electron chi connectivity index (χ0n) is 4.95. The Morgan fingerprint density at radius 1 is 1.67 bits per heavy atom. The van der Waals surface area contributed by atoms with Crippen LogP contribution in [0.4, 0.5) is 0 Å². The van der Waals surface area contributed by atoms with Crippen molar-refractivity contribution in [3.63, 3.8) is 0 Å². The van der Waals surface area contributed by atoms with Crippen LogP contribution < -0.4 is 12.4 Å². The van der Waals surface area contributed by atoms with Gasteiger partial charge in [0.05, 0.1) is 0 Å². The molecule has 0 N–H and O–H groups in total. The van der Waals surface area contributed by atoms with Crippen molar-refractivity contribution in [1.29, 1.82) is 0 Å². The largest absolute Gasteiger partial charge is 2.00 e. The number of aryl methyl sites for hydroxylation is 1. The summed E-state index contributed by atoms with van der Waals surface area (Å²) < 4.78 is 1.19. The van der Waals surface area contributed by atoms with Crippen molar-refractivity contribution >= 4 is 50.3 Å². The molecule has 0 saturated carbocycles. The second-order valence-electron chi connectivity index (χ2n) is 1.32. The maximum atomic E-state index is 3.35. The topological polar surface area (TPSA) is 0 Å². The minimum Gasteiger partial charge on any atom is -1.00 e. The van der Waals surface area contributed by atoms with Gasteiger partial charge in [0.25, 0.3) is 0 Å². The van der Waals surface area contributed by atoms with Crippen molar-refractivity contribution in [1.82, 2.24) is 0 Å². The van der Waals surface area contributed by atoms with Gasteiger partial charge >= 0.3 is 23.1 Å². The first-order chi connectivity index (χ1) is 3.30. The molecule has 0 bridgehead atoms. The number of rotatable bonds is 0. The van der Waals surface area contributed by atoms with Crippen LogP contribution in [-0.2, 0) is 0 Å². The minimum absolute atomic E-state index is 0. The van der Waals surface area contributed by atoms with E-state index in [9.17, 15) is 0 Å². The molecule has 0 aliphatic carbocycles. The van der Waals surface area contributed by atoms with E-state index in [2.05, 4.69) is 28.2 Å². The molecule has 1 rings (SSSR count). The van der Waals surface area contributed by atoms with Gasteiger partial charge < -0.3 is 12.4 Å². The van der Waals surface area contributed by atoms with Gasteiger partial charge in [-0.2, -0.15) is 11.6 Å². The molecule has 4 heteroatoms. The Kier molecular flexibility index (Phi) is 8.55. The Morgan fingerprint density at radius 2 is 2.22 bits per heavy atom. The molecule has 0 aliphatic rings. The predicted octanol–water partition coefficient (Wildman–Crippen LogP) is -0.758. The first kappa shape index (κ1) is 12.9. The zero-order valence-corrected chi connectivity index (χ0v) is 9.52. The fourth-order valence-corrected chi connectivity index (χ4v) is 1.26. The summed E-state index contributed by atoms with van der Waals surface area (Å²) in [5.74, 6) is 0. The molecule has 0 radical (unpaired) electrons. The van der Waals surface area contributed by atoms with Gasteiger partial charge in [-0.15, -0.1) is 21.3 Å². The summed E-state index contributed by atoms with van der Waals surface area (Å²) in [6.07, 6.45) is 0. The van der Waals surface area contributed by atoms with Gasteiger partial charge in [0.2, 0.25) is 0 Å². The van der Waals surface area contributed by atoms with E-state index in [-0.39, 0.29) is 35.5 Å². The number of thiophene rings is 1. The average molecular weight is 236 g/mol. The van der Waals surface area contributed by atoms with Crippen molar-refractivity contribution in [3.05, 3.63) is 20.8 Å². The number of halogens is 2. The van der Waals surface area contributed by atoms with Crippen LogP contribution in [0, 0.1) is 12.3 Å². The fraction of sp³-hybridized carbons (Fsp3) is 0.200. The van der Waals surface area contributed by atoms with Gasteiger partial charge in [0.15, 0.2) is 0 Å². The molecule has 0 nitrogen and oxygen atoms in total. The average Bonchev–Trinajstić information content (AvgIpc) is 1.91. The number of hydrogen-bond acceptors (Lipinski definition) is 1. The third-order valence-electron chi connectivity index (χ3n) is 0.734. The molecule has 9 heavy (non-hydrogen) atoms. The van der Waals surface area contributed by atoms with E-state index in [4.69, 9.17) is 0 Å². The first-order valence-electron chi connectivity index (χ1n) is 1.92. The van der Waals surface area contributed by atoms with Crippen LogP contribution in [0.2, 0.25) is 0 Å².